The molecule has 5 aromatic rings. The van der Waals surface area contributed by atoms with Crippen molar-refractivity contribution in [3.8, 4) is 0 Å². The normalized spacial score (nSPS) is 19.7. The SMILES string of the molecule is CC(C)(C)[Si](C)(C)c1ccc(N2[C@@H](c3ccc(NC(=O)[C@@H]4CCCN4C(=O)OCc4ccccc4)cc3)CC[C@H]2c2ccc(NC(=O)[C@@H]3CCCN3C(=O)OCc3ccccc3)cc2)cc1. The molecule has 3 aliphatic heterocycles. The molecule has 0 unspecified atom stereocenters. The number of nitrogens with one attached hydrogen (secondary N) is 2. The first-order valence-electron chi connectivity index (χ1n) is 23.4. The zero-order valence-corrected chi connectivity index (χ0v) is 39.9. The number of hydrogen-bond donors (Lipinski definition) is 2. The molecule has 4 atom stereocenters. The lowest BCUT2D eigenvalue weighted by molar-refractivity contribution is -0.120. The van der Waals surface area contributed by atoms with Gasteiger partial charge in [0.05, 0.1) is 20.2 Å². The molecule has 0 aliphatic carbocycles. The molecular formula is C54H63N5O6Si. The van der Waals surface area contributed by atoms with E-state index in [-0.39, 0.29) is 42.2 Å². The first-order chi connectivity index (χ1) is 31.8. The minimum atomic E-state index is -1.77. The summed E-state index contributed by atoms with van der Waals surface area (Å²) in [4.78, 5) is 58.9. The van der Waals surface area contributed by atoms with Gasteiger partial charge in [0.1, 0.15) is 25.3 Å². The molecule has 66 heavy (non-hydrogen) atoms. The second kappa shape index (κ2) is 20.0. The Bertz CT molecular complexity index is 2320. The van der Waals surface area contributed by atoms with Gasteiger partial charge in [-0.15, -0.1) is 0 Å². The van der Waals surface area contributed by atoms with Gasteiger partial charge < -0.3 is 25.0 Å². The molecule has 12 heteroatoms. The van der Waals surface area contributed by atoms with E-state index in [1.807, 2.05) is 84.9 Å². The van der Waals surface area contributed by atoms with Crippen molar-refractivity contribution in [3.05, 3.63) is 156 Å². The van der Waals surface area contributed by atoms with Crippen LogP contribution in [0.25, 0.3) is 0 Å². The first kappa shape index (κ1) is 46.1. The second-order valence-corrected chi connectivity index (χ2v) is 24.8. The van der Waals surface area contributed by atoms with E-state index in [2.05, 4.69) is 97.9 Å². The van der Waals surface area contributed by atoms with E-state index < -0.39 is 32.3 Å². The van der Waals surface area contributed by atoms with E-state index in [0.29, 0.717) is 37.3 Å². The van der Waals surface area contributed by atoms with Gasteiger partial charge in [-0.25, -0.2) is 9.59 Å². The predicted octanol–water partition coefficient (Wildman–Crippen LogP) is 11.0. The van der Waals surface area contributed by atoms with Gasteiger partial charge in [-0.05, 0) is 102 Å². The molecule has 11 nitrogen and oxygen atoms in total. The van der Waals surface area contributed by atoms with Crippen LogP contribution in [-0.4, -0.2) is 67.0 Å². The van der Waals surface area contributed by atoms with Crippen LogP contribution in [0.1, 0.15) is 93.6 Å². The number of hydrogen-bond acceptors (Lipinski definition) is 7. The maximum absolute atomic E-state index is 13.6. The molecular weight excluding hydrogens is 843 g/mol. The predicted molar refractivity (Wildman–Crippen MR) is 263 cm³/mol. The summed E-state index contributed by atoms with van der Waals surface area (Å²) >= 11 is 0. The van der Waals surface area contributed by atoms with Gasteiger partial charge >= 0.3 is 12.2 Å². The van der Waals surface area contributed by atoms with Gasteiger partial charge in [-0.1, -0.05) is 136 Å². The minimum Gasteiger partial charge on any atom is -0.445 e. The molecule has 3 saturated heterocycles. The summed E-state index contributed by atoms with van der Waals surface area (Å²) in [5.74, 6) is -0.439. The Morgan fingerprint density at radius 2 is 0.970 bits per heavy atom. The van der Waals surface area contributed by atoms with Crippen LogP contribution in [0.4, 0.5) is 26.7 Å². The van der Waals surface area contributed by atoms with Crippen LogP contribution in [-0.2, 0) is 32.3 Å². The molecule has 3 heterocycles. The third-order valence-corrected chi connectivity index (χ3v) is 19.8. The molecule has 2 N–H and O–H groups in total. The molecule has 0 aromatic heterocycles. The van der Waals surface area contributed by atoms with Crippen molar-refractivity contribution >= 4 is 54.3 Å². The van der Waals surface area contributed by atoms with Gasteiger partial charge in [-0.2, -0.15) is 0 Å². The van der Waals surface area contributed by atoms with Crippen LogP contribution < -0.4 is 20.7 Å². The molecule has 3 fully saturated rings. The Morgan fingerprint density at radius 1 is 0.561 bits per heavy atom. The van der Waals surface area contributed by atoms with Crippen molar-refractivity contribution in [3.63, 3.8) is 0 Å². The lowest BCUT2D eigenvalue weighted by atomic mass is 10.0. The topological polar surface area (TPSA) is 121 Å². The van der Waals surface area contributed by atoms with E-state index in [0.717, 1.165) is 53.6 Å². The third kappa shape index (κ3) is 10.3. The number of likely N-dealkylation sites (tertiary alicyclic amines) is 2. The zero-order valence-electron chi connectivity index (χ0n) is 38.9. The monoisotopic (exact) mass is 905 g/mol. The number of carbonyl (C=O) groups is 4. The molecule has 0 saturated carbocycles. The number of nitrogens with zero attached hydrogens (tertiary/aromatic N) is 3. The summed E-state index contributed by atoms with van der Waals surface area (Å²) in [6.45, 7) is 13.2. The Labute approximate surface area is 390 Å². The minimum absolute atomic E-state index is 0.0672. The molecule has 0 radical (unpaired) electrons. The van der Waals surface area contributed by atoms with Crippen molar-refractivity contribution in [2.24, 2.45) is 0 Å². The van der Waals surface area contributed by atoms with Crippen molar-refractivity contribution < 1.29 is 28.7 Å². The van der Waals surface area contributed by atoms with Gasteiger partial charge in [0.15, 0.2) is 0 Å². The highest BCUT2D eigenvalue weighted by Crippen LogP contribution is 2.47. The summed E-state index contributed by atoms with van der Waals surface area (Å²) < 4.78 is 11.2. The summed E-state index contributed by atoms with van der Waals surface area (Å²) in [5.41, 5.74) is 6.57. The molecule has 4 amide bonds. The van der Waals surface area contributed by atoms with Crippen molar-refractivity contribution in [2.75, 3.05) is 28.6 Å². The highest BCUT2D eigenvalue weighted by Gasteiger charge is 2.40. The smallest absolute Gasteiger partial charge is 0.410 e. The second-order valence-electron chi connectivity index (χ2n) is 19.4. The number of carbonyl (C=O) groups excluding carboxylic acids is 4. The molecule has 0 spiro atoms. The van der Waals surface area contributed by atoms with Crippen molar-refractivity contribution in [2.45, 2.75) is 115 Å². The molecule has 5 aromatic carbocycles. The fourth-order valence-corrected chi connectivity index (χ4v) is 11.3. The first-order valence-corrected chi connectivity index (χ1v) is 26.4. The molecule has 3 aliphatic rings. The van der Waals surface area contributed by atoms with Crippen LogP contribution in [0, 0.1) is 0 Å². The standard InChI is InChI=1S/C54H63N5O6Si/c1-54(2,3)66(4,5)45-30-28-44(29-31-45)59-46(40-20-24-42(25-21-40)55-50(60)48-18-12-34-57(48)52(62)64-36-38-14-8-6-9-15-38)32-33-47(59)41-22-26-43(27-23-41)56-51(61)49-19-13-35-58(49)53(63)65-37-39-16-10-7-11-17-39/h6-11,14-17,20-31,46-49H,12-13,18-19,32-37H2,1-5H3,(H,55,60)(H,56,61)/t46-,47+,48-,49-/m0/s1. The Hall–Kier alpha value is -6.40. The van der Waals surface area contributed by atoms with Gasteiger partial charge in [0.25, 0.3) is 0 Å². The number of ether oxygens (including phenoxy) is 2. The molecule has 344 valence electrons. The highest BCUT2D eigenvalue weighted by molar-refractivity contribution is 6.92. The highest BCUT2D eigenvalue weighted by atomic mass is 28.3. The summed E-state index contributed by atoms with van der Waals surface area (Å²) in [7, 11) is -1.77. The lowest BCUT2D eigenvalue weighted by Gasteiger charge is -2.38. The van der Waals surface area contributed by atoms with Crippen molar-refractivity contribution in [1.82, 2.24) is 9.80 Å². The summed E-state index contributed by atoms with van der Waals surface area (Å²) in [6.07, 6.45) is 3.50. The maximum Gasteiger partial charge on any atom is 0.410 e. The van der Waals surface area contributed by atoms with Crippen LogP contribution >= 0.6 is 0 Å². The van der Waals surface area contributed by atoms with E-state index in [1.54, 1.807) is 0 Å². The van der Waals surface area contributed by atoms with Crippen LogP contribution in [0.15, 0.2) is 133 Å². The summed E-state index contributed by atoms with van der Waals surface area (Å²) in [5, 5.41) is 7.76. The fraction of sp³-hybridized carbons (Fsp3) is 0.370. The summed E-state index contributed by atoms with van der Waals surface area (Å²) in [6, 6.07) is 43.4. The van der Waals surface area contributed by atoms with E-state index in [1.165, 1.54) is 15.0 Å². The van der Waals surface area contributed by atoms with Crippen LogP contribution in [0.5, 0.6) is 0 Å². The third-order valence-electron chi connectivity index (χ3n) is 14.3. The number of benzene rings is 5. The fourth-order valence-electron chi connectivity index (χ4n) is 9.46. The lowest BCUT2D eigenvalue weighted by Crippen LogP contribution is -2.49. The largest absolute Gasteiger partial charge is 0.445 e. The van der Waals surface area contributed by atoms with Crippen molar-refractivity contribution in [1.29, 1.82) is 0 Å². The Kier molecular flexibility index (Phi) is 14.0. The Balaban J connectivity index is 0.958. The number of amides is 4. The maximum atomic E-state index is 13.6. The van der Waals surface area contributed by atoms with Gasteiger partial charge in [-0.3, -0.25) is 19.4 Å². The average Bonchev–Trinajstić information content (AvgIpc) is 4.12. The quantitative estimate of drug-likeness (QED) is 0.120. The zero-order chi connectivity index (χ0) is 46.4. The molecule has 8 rings (SSSR count). The average molecular weight is 906 g/mol. The van der Waals surface area contributed by atoms with E-state index >= 15 is 0 Å². The van der Waals surface area contributed by atoms with Crippen LogP contribution in [0.2, 0.25) is 18.1 Å². The molecule has 0 bridgehead atoms. The Morgan fingerprint density at radius 3 is 1.36 bits per heavy atom. The number of rotatable bonds is 12. The van der Waals surface area contributed by atoms with Gasteiger partial charge in [0.2, 0.25) is 11.8 Å². The van der Waals surface area contributed by atoms with Gasteiger partial charge in [0, 0.05) is 30.2 Å². The van der Waals surface area contributed by atoms with E-state index in [4.69, 9.17) is 9.47 Å². The van der Waals surface area contributed by atoms with Crippen LogP contribution in [0.3, 0.4) is 0 Å². The number of anilines is 3. The van der Waals surface area contributed by atoms with E-state index in [9.17, 15) is 19.2 Å².